The molecule has 15 heteroatoms. The largest absolute Gasteiger partial charge is 0.396 e. The van der Waals surface area contributed by atoms with Crippen LogP contribution in [0.5, 0.6) is 0 Å². The van der Waals surface area contributed by atoms with E-state index in [1.165, 1.54) is 12.2 Å². The normalized spacial score (nSPS) is 28.2. The van der Waals surface area contributed by atoms with Gasteiger partial charge in [-0.05, 0) is 52.4 Å². The lowest BCUT2D eigenvalue weighted by Gasteiger charge is -2.39. The molecule has 9 N–H and O–H groups in total. The lowest BCUT2D eigenvalue weighted by Crippen LogP contribution is -2.61. The molecule has 244 valence electrons. The fourth-order valence-electron chi connectivity index (χ4n) is 4.53. The van der Waals surface area contributed by atoms with E-state index < -0.39 is 49.4 Å². The summed E-state index contributed by atoms with van der Waals surface area (Å²) in [7, 11) is 0. The molecule has 0 aromatic rings. The van der Waals surface area contributed by atoms with Crippen molar-refractivity contribution in [3.05, 3.63) is 23.3 Å². The van der Waals surface area contributed by atoms with Crippen molar-refractivity contribution >= 4 is 23.6 Å². The molecule has 2 saturated heterocycles. The second-order valence-electron chi connectivity index (χ2n) is 10.8. The van der Waals surface area contributed by atoms with Gasteiger partial charge in [0.1, 0.15) is 36.5 Å². The van der Waals surface area contributed by atoms with E-state index in [-0.39, 0.29) is 43.4 Å². The summed E-state index contributed by atoms with van der Waals surface area (Å²) in [4.78, 5) is 48.9. The molecule has 43 heavy (non-hydrogen) atoms. The van der Waals surface area contributed by atoms with Crippen LogP contribution in [0.4, 0.5) is 0 Å². The van der Waals surface area contributed by atoms with E-state index in [1.807, 2.05) is 0 Å². The van der Waals surface area contributed by atoms with E-state index in [4.69, 9.17) is 14.6 Å². The predicted molar refractivity (Wildman–Crippen MR) is 152 cm³/mol. The standard InChI is InChI=1S/C28H46N4O11/c1-16(7-11-33)13-21(35)29-9-3-5-18-26(40)32-19(27(41)31-18)6-4-10-30-22(36)14-17(2)8-12-42-28-25(39)24(38)23(37)20(15-34)43-28/h13-14,18-20,23-25,28,33-34,37-39H,3-12,15H2,1-2H3,(H,29,35)(H,30,36)(H,31,41)(H,32,40)/b16-13+,17-14+/t18-,19-,20+,23+,24-,25+,28+/m1/s1. The van der Waals surface area contributed by atoms with E-state index in [2.05, 4.69) is 21.3 Å². The Kier molecular flexibility index (Phi) is 15.8. The van der Waals surface area contributed by atoms with Gasteiger partial charge in [0.15, 0.2) is 6.29 Å². The molecule has 2 aliphatic rings. The van der Waals surface area contributed by atoms with Crippen LogP contribution in [0, 0.1) is 0 Å². The van der Waals surface area contributed by atoms with Crippen molar-refractivity contribution in [2.45, 2.75) is 95.2 Å². The van der Waals surface area contributed by atoms with Crippen LogP contribution >= 0.6 is 0 Å². The van der Waals surface area contributed by atoms with Gasteiger partial charge in [0, 0.05) is 31.8 Å². The van der Waals surface area contributed by atoms with Gasteiger partial charge in [0.2, 0.25) is 23.6 Å². The van der Waals surface area contributed by atoms with Crippen LogP contribution in [0.3, 0.4) is 0 Å². The molecule has 15 nitrogen and oxygen atoms in total. The highest BCUT2D eigenvalue weighted by atomic mass is 16.7. The van der Waals surface area contributed by atoms with Crippen molar-refractivity contribution in [2.75, 3.05) is 32.9 Å². The van der Waals surface area contributed by atoms with Crippen LogP contribution in [-0.2, 0) is 28.7 Å². The quantitative estimate of drug-likeness (QED) is 0.0601. The van der Waals surface area contributed by atoms with Gasteiger partial charge in [-0.3, -0.25) is 19.2 Å². The van der Waals surface area contributed by atoms with E-state index in [0.717, 1.165) is 5.57 Å². The van der Waals surface area contributed by atoms with Gasteiger partial charge in [0.05, 0.1) is 13.2 Å². The van der Waals surface area contributed by atoms with Gasteiger partial charge in [-0.1, -0.05) is 11.1 Å². The van der Waals surface area contributed by atoms with Gasteiger partial charge in [0.25, 0.3) is 0 Å². The number of amides is 4. The minimum Gasteiger partial charge on any atom is -0.396 e. The summed E-state index contributed by atoms with van der Waals surface area (Å²) >= 11 is 0. The smallest absolute Gasteiger partial charge is 0.243 e. The Hall–Kier alpha value is -2.92. The fraction of sp³-hybridized carbons (Fsp3) is 0.714. The van der Waals surface area contributed by atoms with E-state index in [0.29, 0.717) is 50.6 Å². The lowest BCUT2D eigenvalue weighted by molar-refractivity contribution is -0.300. The van der Waals surface area contributed by atoms with Crippen molar-refractivity contribution in [2.24, 2.45) is 0 Å². The first-order valence-electron chi connectivity index (χ1n) is 14.5. The number of carbonyl (C=O) groups is 4. The number of ether oxygens (including phenoxy) is 2. The SMILES string of the molecule is C/C(=C\C(=O)NCCC[C@H]1NC(=O)[C@@H](CCCNC(=O)/C=C(\C)CCO[C@H]2O[C@@H](CO)[C@H](O)[C@@H](O)[C@@H]2O)NC1=O)CCO. The molecular weight excluding hydrogens is 568 g/mol. The minimum absolute atomic E-state index is 0.0312. The average Bonchev–Trinajstić information content (AvgIpc) is 2.95. The predicted octanol–water partition coefficient (Wildman–Crippen LogP) is -2.76. The van der Waals surface area contributed by atoms with Crippen molar-refractivity contribution in [1.82, 2.24) is 21.3 Å². The average molecular weight is 615 g/mol. The molecular formula is C28H46N4O11. The summed E-state index contributed by atoms with van der Waals surface area (Å²) in [6.45, 7) is 3.53. The van der Waals surface area contributed by atoms with Crippen LogP contribution in [0.1, 0.15) is 52.4 Å². The van der Waals surface area contributed by atoms with E-state index >= 15 is 0 Å². The Morgan fingerprint density at radius 2 is 1.35 bits per heavy atom. The molecule has 7 atom stereocenters. The molecule has 0 aromatic carbocycles. The monoisotopic (exact) mass is 614 g/mol. The third kappa shape index (κ3) is 12.3. The second-order valence-corrected chi connectivity index (χ2v) is 10.8. The van der Waals surface area contributed by atoms with Crippen molar-refractivity contribution in [3.63, 3.8) is 0 Å². The molecule has 2 rings (SSSR count). The number of aliphatic hydroxyl groups is 5. The first kappa shape index (κ1) is 36.3. The molecule has 4 amide bonds. The van der Waals surface area contributed by atoms with Crippen molar-refractivity contribution in [3.8, 4) is 0 Å². The molecule has 2 fully saturated rings. The third-order valence-electron chi connectivity index (χ3n) is 7.09. The minimum atomic E-state index is -1.53. The molecule has 0 radical (unpaired) electrons. The molecule has 0 bridgehead atoms. The Morgan fingerprint density at radius 3 is 1.84 bits per heavy atom. The fourth-order valence-corrected chi connectivity index (χ4v) is 4.53. The van der Waals surface area contributed by atoms with E-state index in [1.54, 1.807) is 13.8 Å². The number of nitrogens with one attached hydrogen (secondary N) is 4. The molecule has 0 unspecified atom stereocenters. The number of piperazine rings is 1. The molecule has 2 aliphatic heterocycles. The Morgan fingerprint density at radius 1 is 0.837 bits per heavy atom. The Labute approximate surface area is 250 Å². The summed E-state index contributed by atoms with van der Waals surface area (Å²) in [6.07, 6.45) is -1.67. The first-order valence-corrected chi connectivity index (χ1v) is 14.5. The number of rotatable bonds is 17. The van der Waals surface area contributed by atoms with Crippen LogP contribution in [0.25, 0.3) is 0 Å². The zero-order valence-electron chi connectivity index (χ0n) is 24.7. The summed E-state index contributed by atoms with van der Waals surface area (Å²) in [5.41, 5.74) is 1.43. The highest BCUT2D eigenvalue weighted by molar-refractivity contribution is 5.96. The molecule has 0 saturated carbocycles. The lowest BCUT2D eigenvalue weighted by atomic mass is 9.99. The summed E-state index contributed by atoms with van der Waals surface area (Å²) in [5, 5.41) is 58.6. The van der Waals surface area contributed by atoms with E-state index in [9.17, 15) is 39.6 Å². The first-order chi connectivity index (χ1) is 20.5. The maximum absolute atomic E-state index is 12.5. The molecule has 0 aliphatic carbocycles. The zero-order valence-corrected chi connectivity index (χ0v) is 24.7. The number of aliphatic hydroxyl groups excluding tert-OH is 5. The van der Waals surface area contributed by atoms with Gasteiger partial charge in [-0.25, -0.2) is 0 Å². The molecule has 0 spiro atoms. The molecule has 2 heterocycles. The summed E-state index contributed by atoms with van der Waals surface area (Å²) in [6, 6.07) is -1.40. The second kappa shape index (κ2) is 18.7. The van der Waals surface area contributed by atoms with Crippen molar-refractivity contribution < 1.29 is 54.2 Å². The van der Waals surface area contributed by atoms with Crippen LogP contribution in [-0.4, -0.2) is 125 Å². The maximum atomic E-state index is 12.5. The van der Waals surface area contributed by atoms with Gasteiger partial charge >= 0.3 is 0 Å². The maximum Gasteiger partial charge on any atom is 0.243 e. The summed E-state index contributed by atoms with van der Waals surface area (Å²) < 4.78 is 10.7. The van der Waals surface area contributed by atoms with Gasteiger partial charge < -0.3 is 56.3 Å². The molecule has 0 aromatic heterocycles. The highest BCUT2D eigenvalue weighted by Gasteiger charge is 2.44. The van der Waals surface area contributed by atoms with Crippen LogP contribution in [0.15, 0.2) is 23.3 Å². The zero-order chi connectivity index (χ0) is 31.9. The Balaban J connectivity index is 1.62. The van der Waals surface area contributed by atoms with Crippen molar-refractivity contribution in [1.29, 1.82) is 0 Å². The number of hydrogen-bond acceptors (Lipinski definition) is 11. The van der Waals surface area contributed by atoms with Crippen LogP contribution in [0.2, 0.25) is 0 Å². The number of carbonyl (C=O) groups excluding carboxylic acids is 4. The highest BCUT2D eigenvalue weighted by Crippen LogP contribution is 2.22. The topological polar surface area (TPSA) is 236 Å². The van der Waals surface area contributed by atoms with Crippen LogP contribution < -0.4 is 21.3 Å². The van der Waals surface area contributed by atoms with Gasteiger partial charge in [-0.2, -0.15) is 0 Å². The summed E-state index contributed by atoms with van der Waals surface area (Å²) in [5.74, 6) is -1.24. The van der Waals surface area contributed by atoms with Gasteiger partial charge in [-0.15, -0.1) is 0 Å². The number of hydrogen-bond donors (Lipinski definition) is 9. The third-order valence-corrected chi connectivity index (χ3v) is 7.09. The Bertz CT molecular complexity index is 1000.